The Hall–Kier alpha value is -15.5. The lowest BCUT2D eigenvalue weighted by Crippen LogP contribution is -1.96. The average Bonchev–Trinajstić information content (AvgIpc) is 1.64. The lowest BCUT2D eigenvalue weighted by atomic mass is 9.91. The van der Waals surface area contributed by atoms with Gasteiger partial charge in [0.05, 0.1) is 45.2 Å². The molecule has 11 heteroatoms. The van der Waals surface area contributed by atoms with E-state index in [4.69, 9.17) is 38.7 Å². The predicted molar refractivity (Wildman–Crippen MR) is 517 cm³/mol. The second kappa shape index (κ2) is 28.6. The summed E-state index contributed by atoms with van der Waals surface area (Å²) in [5.74, 6) is 1.37. The van der Waals surface area contributed by atoms with Crippen molar-refractivity contribution < 1.29 is 8.83 Å². The fraction of sp³-hybridized carbons (Fsp3) is 0. The number of hydrogen-bond acceptors (Lipinski definition) is 11. The predicted octanol–water partition coefficient (Wildman–Crippen LogP) is 31.9. The molecular formula is C112H64N6O2S3. The molecule has 0 fully saturated rings. The molecule has 0 radical (unpaired) electrons. The molecule has 0 saturated heterocycles. The summed E-state index contributed by atoms with van der Waals surface area (Å²) >= 11 is 5.53. The Bertz CT molecular complexity index is 8690. The molecule has 0 spiro atoms. The third-order valence-electron chi connectivity index (χ3n) is 24.2. The number of hydrogen-bond donors (Lipinski definition) is 0. The summed E-state index contributed by atoms with van der Waals surface area (Å²) < 4.78 is 20.7. The number of fused-ring (bicyclic) bond motifs is 23. The summed E-state index contributed by atoms with van der Waals surface area (Å²) in [6.07, 6.45) is 0. The van der Waals surface area contributed by atoms with Crippen molar-refractivity contribution in [2.75, 3.05) is 0 Å². The highest BCUT2D eigenvalue weighted by Crippen LogP contribution is 2.51. The van der Waals surface area contributed by atoms with Crippen LogP contribution < -0.4 is 0 Å². The number of nitrogens with zero attached hydrogens (tertiary/aromatic N) is 6. The van der Waals surface area contributed by atoms with Crippen LogP contribution in [-0.4, -0.2) is 29.9 Å². The molecule has 9 aromatic heterocycles. The van der Waals surface area contributed by atoms with Crippen LogP contribution in [0.15, 0.2) is 397 Å². The van der Waals surface area contributed by atoms with Crippen molar-refractivity contribution in [1.82, 2.24) is 29.9 Å². The van der Waals surface area contributed by atoms with E-state index in [2.05, 4.69) is 328 Å². The number of rotatable bonds is 10. The molecule has 0 amide bonds. The van der Waals surface area contributed by atoms with Crippen LogP contribution in [0.1, 0.15) is 0 Å². The standard InChI is InChI=1S/C59H33N3S3.C53H31N3O2/c1-2-12-36(13-3-1)57-46-32-43(58-56(42-17-7-11-21-52(42)65-58)55(46)41-16-4-8-18-47(41)60-57)34-22-24-35(25-23-34)48-33-49(37-26-28-53-44(30-37)39-14-5-9-19-50(39)63-53)62-59(61-48)38-27-29-54-45(31-38)40-15-6-10-20-51(40)64-54;1-3-14-34(15-4-1)51-41-30-40(52-50(39-20-9-12-24-46(39)58-52)49(41)36-18-7-10-22-42(36)54-51)32-26-28-33(29-27-32)43-31-44(56-53(55-43)35-16-5-2-6-17-35)37-21-13-25-47-48(37)38-19-8-11-23-45(38)57-47/h1-33H;1-31H. The largest absolute Gasteiger partial charge is 0.456 e. The van der Waals surface area contributed by atoms with E-state index in [-0.39, 0.29) is 0 Å². The van der Waals surface area contributed by atoms with Crippen molar-refractivity contribution in [2.45, 2.75) is 0 Å². The van der Waals surface area contributed by atoms with Crippen molar-refractivity contribution >= 4 is 182 Å². The summed E-state index contributed by atoms with van der Waals surface area (Å²) in [6.45, 7) is 0. The summed E-state index contributed by atoms with van der Waals surface area (Å²) in [7, 11) is 0. The number of benzene rings is 17. The smallest absolute Gasteiger partial charge is 0.160 e. The average molecular weight is 1620 g/mol. The van der Waals surface area contributed by atoms with Gasteiger partial charge in [0.2, 0.25) is 0 Å². The summed E-state index contributed by atoms with van der Waals surface area (Å²) in [4.78, 5) is 31.7. The van der Waals surface area contributed by atoms with E-state index in [1.165, 1.54) is 76.9 Å². The highest BCUT2D eigenvalue weighted by Gasteiger charge is 2.26. The van der Waals surface area contributed by atoms with Gasteiger partial charge in [-0.25, -0.2) is 29.9 Å². The maximum atomic E-state index is 6.80. The number of pyridine rings is 2. The van der Waals surface area contributed by atoms with Gasteiger partial charge in [0, 0.05) is 170 Å². The first-order chi connectivity index (χ1) is 60.9. The van der Waals surface area contributed by atoms with Crippen LogP contribution in [0.2, 0.25) is 0 Å². The van der Waals surface area contributed by atoms with Gasteiger partial charge in [0.25, 0.3) is 0 Å². The normalized spacial score (nSPS) is 11.9. The fourth-order valence-corrected chi connectivity index (χ4v) is 21.8. The Morgan fingerprint density at radius 2 is 0.585 bits per heavy atom. The maximum absolute atomic E-state index is 6.80. The molecule has 572 valence electrons. The van der Waals surface area contributed by atoms with Crippen molar-refractivity contribution in [3.8, 4) is 113 Å². The van der Waals surface area contributed by atoms with Crippen LogP contribution in [0, 0.1) is 0 Å². The number of thiophene rings is 3. The molecule has 0 saturated carbocycles. The van der Waals surface area contributed by atoms with Gasteiger partial charge in [-0.2, -0.15) is 0 Å². The molecular weight excluding hydrogens is 1560 g/mol. The van der Waals surface area contributed by atoms with Gasteiger partial charge in [0.1, 0.15) is 22.3 Å². The SMILES string of the molecule is c1ccc(-c2nc(-c3ccc(-c4cc5c(-c6ccccc6)nc6ccccc6c5c5c4oc4ccccc45)cc3)cc(-c3cccc4oc5ccccc5c34)n2)cc1.c1ccc(-c2nc3ccccc3c3c2cc(-c2ccc(-c4cc(-c5ccc6sc7ccccc7c6c5)nc(-c5ccc6sc7ccccc7c6c5)n4)cc2)c2sc4ccccc4c23)cc1. The molecule has 26 aromatic rings. The lowest BCUT2D eigenvalue weighted by Gasteiger charge is -2.15. The first-order valence-electron chi connectivity index (χ1n) is 41.2. The van der Waals surface area contributed by atoms with Crippen molar-refractivity contribution in [2.24, 2.45) is 0 Å². The molecule has 123 heavy (non-hydrogen) atoms. The fourth-order valence-electron chi connectivity index (χ4n) is 18.4. The molecule has 0 aliphatic rings. The van der Waals surface area contributed by atoms with Crippen LogP contribution >= 0.6 is 34.0 Å². The van der Waals surface area contributed by atoms with E-state index in [1.807, 2.05) is 94.7 Å². The minimum atomic E-state index is 0.661. The monoisotopic (exact) mass is 1620 g/mol. The Kier molecular flexibility index (Phi) is 16.4. The van der Waals surface area contributed by atoms with Crippen LogP contribution in [0.5, 0.6) is 0 Å². The highest BCUT2D eigenvalue weighted by atomic mass is 32.1. The van der Waals surface area contributed by atoms with Gasteiger partial charge in [-0.1, -0.05) is 285 Å². The molecule has 0 bridgehead atoms. The zero-order valence-electron chi connectivity index (χ0n) is 65.7. The van der Waals surface area contributed by atoms with Crippen LogP contribution in [0.3, 0.4) is 0 Å². The lowest BCUT2D eigenvalue weighted by molar-refractivity contribution is 0.669. The molecule has 9 heterocycles. The van der Waals surface area contributed by atoms with E-state index in [0.29, 0.717) is 11.6 Å². The molecule has 0 aliphatic carbocycles. The summed E-state index contributed by atoms with van der Waals surface area (Å²) in [5, 5.41) is 18.8. The maximum Gasteiger partial charge on any atom is 0.160 e. The van der Waals surface area contributed by atoms with Crippen molar-refractivity contribution in [3.05, 3.63) is 388 Å². The second-order valence-corrected chi connectivity index (χ2v) is 34.5. The first kappa shape index (κ1) is 70.5. The van der Waals surface area contributed by atoms with Gasteiger partial charge >= 0.3 is 0 Å². The van der Waals surface area contributed by atoms with E-state index in [0.717, 1.165) is 172 Å². The van der Waals surface area contributed by atoms with Gasteiger partial charge in [-0.3, -0.25) is 0 Å². The Morgan fingerprint density at radius 1 is 0.187 bits per heavy atom. The van der Waals surface area contributed by atoms with E-state index in [1.54, 1.807) is 0 Å². The first-order valence-corrected chi connectivity index (χ1v) is 43.6. The van der Waals surface area contributed by atoms with E-state index in [9.17, 15) is 0 Å². The van der Waals surface area contributed by atoms with Crippen LogP contribution in [0.4, 0.5) is 0 Å². The Balaban J connectivity index is 0.000000136. The van der Waals surface area contributed by atoms with Crippen molar-refractivity contribution in [3.63, 3.8) is 0 Å². The molecule has 8 nitrogen and oxygen atoms in total. The Labute approximate surface area is 715 Å². The number of aromatic nitrogens is 6. The van der Waals surface area contributed by atoms with Gasteiger partial charge in [0.15, 0.2) is 11.6 Å². The second-order valence-electron chi connectivity index (χ2n) is 31.3. The molecule has 0 aliphatic heterocycles. The van der Waals surface area contributed by atoms with E-state index >= 15 is 0 Å². The Morgan fingerprint density at radius 3 is 1.18 bits per heavy atom. The zero-order valence-corrected chi connectivity index (χ0v) is 68.1. The van der Waals surface area contributed by atoms with E-state index < -0.39 is 0 Å². The van der Waals surface area contributed by atoms with Crippen LogP contribution in [-0.2, 0) is 0 Å². The van der Waals surface area contributed by atoms with Crippen LogP contribution in [0.25, 0.3) is 260 Å². The number of furan rings is 2. The van der Waals surface area contributed by atoms with Crippen molar-refractivity contribution in [1.29, 1.82) is 0 Å². The third kappa shape index (κ3) is 11.8. The quantitative estimate of drug-likeness (QED) is 0.125. The van der Waals surface area contributed by atoms with Gasteiger partial charge in [-0.05, 0) is 114 Å². The molecule has 0 unspecified atom stereocenters. The summed E-state index contributed by atoms with van der Waals surface area (Å²) in [6, 6.07) is 137. The zero-order chi connectivity index (χ0) is 80.7. The molecule has 0 atom stereocenters. The number of para-hydroxylation sites is 4. The van der Waals surface area contributed by atoms with Gasteiger partial charge < -0.3 is 8.83 Å². The highest BCUT2D eigenvalue weighted by molar-refractivity contribution is 7.27. The summed E-state index contributed by atoms with van der Waals surface area (Å²) in [5.41, 5.74) is 23.3. The molecule has 17 aromatic carbocycles. The topological polar surface area (TPSA) is 104 Å². The molecule has 26 rings (SSSR count). The third-order valence-corrected chi connectivity index (χ3v) is 27.7. The minimum Gasteiger partial charge on any atom is -0.456 e. The van der Waals surface area contributed by atoms with Gasteiger partial charge in [-0.15, -0.1) is 34.0 Å². The molecule has 0 N–H and O–H groups in total. The minimum absolute atomic E-state index is 0.661.